The molecule has 1 aromatic carbocycles. The summed E-state index contributed by atoms with van der Waals surface area (Å²) in [6.07, 6.45) is 1.56. The lowest BCUT2D eigenvalue weighted by Crippen LogP contribution is -2.48. The van der Waals surface area contributed by atoms with Crippen LogP contribution < -0.4 is 10.6 Å². The number of likely N-dealkylation sites (tertiary alicyclic amines) is 1. The van der Waals surface area contributed by atoms with Crippen molar-refractivity contribution in [3.8, 4) is 0 Å². The third kappa shape index (κ3) is 6.52. The van der Waals surface area contributed by atoms with E-state index in [2.05, 4.69) is 20.5 Å². The van der Waals surface area contributed by atoms with Crippen molar-refractivity contribution in [2.75, 3.05) is 38.0 Å². The van der Waals surface area contributed by atoms with E-state index in [0.29, 0.717) is 18.0 Å². The molecule has 2 amide bonds. The molecule has 0 bridgehead atoms. The van der Waals surface area contributed by atoms with E-state index in [0.717, 1.165) is 55.1 Å². The SMILES string of the molecule is CCN(C1CCN(CCNC(=O)Nc2cc(C)nc(C)c2)CC1)S(=O)(=O)c1ccccc1C. The van der Waals surface area contributed by atoms with Crippen molar-refractivity contribution >= 4 is 21.7 Å². The van der Waals surface area contributed by atoms with E-state index in [4.69, 9.17) is 0 Å². The fourth-order valence-corrected chi connectivity index (χ4v) is 6.36. The van der Waals surface area contributed by atoms with Gasteiger partial charge in [0.25, 0.3) is 0 Å². The van der Waals surface area contributed by atoms with Gasteiger partial charge in [-0.1, -0.05) is 25.1 Å². The number of nitrogens with zero attached hydrogens (tertiary/aromatic N) is 3. The van der Waals surface area contributed by atoms with E-state index in [1.807, 2.05) is 52.0 Å². The summed E-state index contributed by atoms with van der Waals surface area (Å²) in [6, 6.07) is 10.6. The van der Waals surface area contributed by atoms with Gasteiger partial charge in [0.15, 0.2) is 0 Å². The predicted molar refractivity (Wildman–Crippen MR) is 131 cm³/mol. The molecule has 0 radical (unpaired) electrons. The first-order chi connectivity index (χ1) is 15.7. The monoisotopic (exact) mass is 473 g/mol. The van der Waals surface area contributed by atoms with Crippen molar-refractivity contribution in [1.82, 2.24) is 19.5 Å². The average Bonchev–Trinajstić information content (AvgIpc) is 2.74. The molecule has 1 aliphatic heterocycles. The number of piperidine rings is 1. The summed E-state index contributed by atoms with van der Waals surface area (Å²) < 4.78 is 28.2. The van der Waals surface area contributed by atoms with Crippen molar-refractivity contribution in [2.45, 2.75) is 51.5 Å². The quantitative estimate of drug-likeness (QED) is 0.613. The van der Waals surface area contributed by atoms with Crippen molar-refractivity contribution in [1.29, 1.82) is 0 Å². The molecule has 0 saturated carbocycles. The van der Waals surface area contributed by atoms with Crippen LogP contribution >= 0.6 is 0 Å². The molecule has 8 nitrogen and oxygen atoms in total. The molecule has 2 aromatic rings. The van der Waals surface area contributed by atoms with Crippen molar-refractivity contribution < 1.29 is 13.2 Å². The number of aromatic nitrogens is 1. The van der Waals surface area contributed by atoms with Crippen LogP contribution in [-0.2, 0) is 10.0 Å². The third-order valence-electron chi connectivity index (χ3n) is 6.01. The molecule has 0 spiro atoms. The second-order valence-corrected chi connectivity index (χ2v) is 10.4. The normalized spacial score (nSPS) is 15.5. The average molecular weight is 474 g/mol. The largest absolute Gasteiger partial charge is 0.337 e. The van der Waals surface area contributed by atoms with Crippen LogP contribution in [0.2, 0.25) is 0 Å². The number of pyridine rings is 1. The van der Waals surface area contributed by atoms with E-state index < -0.39 is 10.0 Å². The van der Waals surface area contributed by atoms with Gasteiger partial charge in [-0.3, -0.25) is 4.98 Å². The van der Waals surface area contributed by atoms with Gasteiger partial charge < -0.3 is 15.5 Å². The molecule has 1 fully saturated rings. The van der Waals surface area contributed by atoms with Crippen LogP contribution in [0.5, 0.6) is 0 Å². The van der Waals surface area contributed by atoms with Crippen LogP contribution in [0.15, 0.2) is 41.3 Å². The number of nitrogens with one attached hydrogen (secondary N) is 2. The zero-order valence-electron chi connectivity index (χ0n) is 20.0. The highest BCUT2D eigenvalue weighted by Crippen LogP contribution is 2.25. The zero-order valence-corrected chi connectivity index (χ0v) is 20.8. The van der Waals surface area contributed by atoms with Gasteiger partial charge in [0, 0.05) is 42.8 Å². The molecule has 9 heteroatoms. The molecule has 1 aromatic heterocycles. The third-order valence-corrected chi connectivity index (χ3v) is 8.20. The summed E-state index contributed by atoms with van der Waals surface area (Å²) in [6.45, 7) is 10.8. The number of anilines is 1. The summed E-state index contributed by atoms with van der Waals surface area (Å²) in [5, 5.41) is 5.74. The Bertz CT molecular complexity index is 1050. The maximum absolute atomic E-state index is 13.3. The Labute approximate surface area is 197 Å². The van der Waals surface area contributed by atoms with Gasteiger partial charge in [0.2, 0.25) is 10.0 Å². The Balaban J connectivity index is 1.47. The summed E-state index contributed by atoms with van der Waals surface area (Å²) in [5.41, 5.74) is 3.22. The van der Waals surface area contributed by atoms with Gasteiger partial charge in [-0.2, -0.15) is 4.31 Å². The molecule has 2 N–H and O–H groups in total. The highest BCUT2D eigenvalue weighted by Gasteiger charge is 2.33. The minimum atomic E-state index is -3.52. The predicted octanol–water partition coefficient (Wildman–Crippen LogP) is 3.30. The summed E-state index contributed by atoms with van der Waals surface area (Å²) in [7, 11) is -3.52. The van der Waals surface area contributed by atoms with E-state index in [-0.39, 0.29) is 12.1 Å². The molecule has 0 aliphatic carbocycles. The fourth-order valence-electron chi connectivity index (χ4n) is 4.44. The lowest BCUT2D eigenvalue weighted by Gasteiger charge is -2.37. The van der Waals surface area contributed by atoms with E-state index >= 15 is 0 Å². The smallest absolute Gasteiger partial charge is 0.319 e. The summed E-state index contributed by atoms with van der Waals surface area (Å²) in [4.78, 5) is 19.2. The number of benzene rings is 1. The van der Waals surface area contributed by atoms with E-state index in [1.54, 1.807) is 16.4 Å². The molecule has 1 aliphatic rings. The van der Waals surface area contributed by atoms with Crippen LogP contribution in [0, 0.1) is 20.8 Å². The highest BCUT2D eigenvalue weighted by molar-refractivity contribution is 7.89. The number of urea groups is 1. The van der Waals surface area contributed by atoms with Crippen molar-refractivity contribution in [3.05, 3.63) is 53.3 Å². The molecule has 3 rings (SSSR count). The molecule has 1 saturated heterocycles. The first-order valence-corrected chi connectivity index (χ1v) is 12.9. The highest BCUT2D eigenvalue weighted by atomic mass is 32.2. The van der Waals surface area contributed by atoms with E-state index in [1.165, 1.54) is 0 Å². The minimum absolute atomic E-state index is 0.00900. The second-order valence-electron chi connectivity index (χ2n) is 8.57. The molecular formula is C24H35N5O3S. The number of carbonyl (C=O) groups excluding carboxylic acids is 1. The van der Waals surface area contributed by atoms with Gasteiger partial charge in [-0.25, -0.2) is 13.2 Å². The maximum Gasteiger partial charge on any atom is 0.319 e. The van der Waals surface area contributed by atoms with Gasteiger partial charge in [0.1, 0.15) is 0 Å². The molecule has 0 atom stereocenters. The lowest BCUT2D eigenvalue weighted by molar-refractivity contribution is 0.162. The van der Waals surface area contributed by atoms with Crippen LogP contribution in [0.25, 0.3) is 0 Å². The van der Waals surface area contributed by atoms with E-state index in [9.17, 15) is 13.2 Å². The minimum Gasteiger partial charge on any atom is -0.337 e. The Kier molecular flexibility index (Phi) is 8.45. The first kappa shape index (κ1) is 25.1. The summed E-state index contributed by atoms with van der Waals surface area (Å²) in [5.74, 6) is 0. The number of aryl methyl sites for hydroxylation is 3. The fraction of sp³-hybridized carbons (Fsp3) is 0.500. The first-order valence-electron chi connectivity index (χ1n) is 11.5. The molecule has 180 valence electrons. The van der Waals surface area contributed by atoms with Crippen LogP contribution in [0.3, 0.4) is 0 Å². The number of amides is 2. The number of hydrogen-bond acceptors (Lipinski definition) is 5. The topological polar surface area (TPSA) is 94.6 Å². The molecular weight excluding hydrogens is 438 g/mol. The maximum atomic E-state index is 13.3. The summed E-state index contributed by atoms with van der Waals surface area (Å²) >= 11 is 0. The number of sulfonamides is 1. The molecule has 2 heterocycles. The Morgan fingerprint density at radius 1 is 1.12 bits per heavy atom. The van der Waals surface area contributed by atoms with Crippen LogP contribution in [0.4, 0.5) is 10.5 Å². The number of rotatable bonds is 8. The Morgan fingerprint density at radius 3 is 2.36 bits per heavy atom. The Hall–Kier alpha value is -2.49. The standard InChI is InChI=1S/C24H35N5O3S/c1-5-29(33(31,32)23-9-7-6-8-18(23)2)22-10-13-28(14-11-22)15-12-25-24(30)27-21-16-19(3)26-20(4)17-21/h6-9,16-17,22H,5,10-15H2,1-4H3,(H2,25,26,27,30). The second kappa shape index (κ2) is 11.1. The number of hydrogen-bond donors (Lipinski definition) is 2. The molecule has 33 heavy (non-hydrogen) atoms. The zero-order chi connectivity index (χ0) is 24.0. The Morgan fingerprint density at radius 2 is 1.76 bits per heavy atom. The molecule has 0 unspecified atom stereocenters. The van der Waals surface area contributed by atoms with Gasteiger partial charge in [-0.05, 0) is 70.5 Å². The van der Waals surface area contributed by atoms with Crippen molar-refractivity contribution in [2.24, 2.45) is 0 Å². The van der Waals surface area contributed by atoms with Gasteiger partial charge in [-0.15, -0.1) is 0 Å². The van der Waals surface area contributed by atoms with Gasteiger partial charge >= 0.3 is 6.03 Å². The van der Waals surface area contributed by atoms with Crippen molar-refractivity contribution in [3.63, 3.8) is 0 Å². The van der Waals surface area contributed by atoms with Crippen LogP contribution in [0.1, 0.15) is 36.7 Å². The van der Waals surface area contributed by atoms with Gasteiger partial charge in [0.05, 0.1) is 4.90 Å². The lowest BCUT2D eigenvalue weighted by atomic mass is 10.1. The number of carbonyl (C=O) groups is 1. The van der Waals surface area contributed by atoms with Crippen LogP contribution in [-0.4, -0.2) is 67.4 Å².